The number of hydrogen-bond donors (Lipinski definition) is 1. The normalized spacial score (nSPS) is 26.8. The summed E-state index contributed by atoms with van der Waals surface area (Å²) in [6.07, 6.45) is 5.78. The van der Waals surface area contributed by atoms with E-state index < -0.39 is 6.10 Å². The second-order valence-corrected chi connectivity index (χ2v) is 13.8. The first-order valence-electron chi connectivity index (χ1n) is 14.1. The van der Waals surface area contributed by atoms with Gasteiger partial charge in [-0.15, -0.1) is 6.58 Å². The molecule has 0 spiro atoms. The third-order valence-electron chi connectivity index (χ3n) is 9.26. The lowest BCUT2D eigenvalue weighted by Gasteiger charge is -2.58. The van der Waals surface area contributed by atoms with E-state index in [1.807, 2.05) is 24.4 Å². The van der Waals surface area contributed by atoms with E-state index in [1.165, 1.54) is 23.1 Å². The molecular formula is C34H45N2O+. The largest absolute Gasteiger partial charge is 0.382 e. The highest BCUT2D eigenvalue weighted by Gasteiger charge is 2.54. The van der Waals surface area contributed by atoms with Crippen molar-refractivity contribution >= 4 is 10.9 Å². The number of piperidine rings is 3. The van der Waals surface area contributed by atoms with Crippen LogP contribution in [0.2, 0.25) is 0 Å². The second-order valence-electron chi connectivity index (χ2n) is 13.8. The smallest absolute Gasteiger partial charge is 0.131 e. The molecule has 196 valence electrons. The highest BCUT2D eigenvalue weighted by atomic mass is 16.3. The molecule has 3 aliphatic heterocycles. The SMILES string of the molecule is C=C[C@H]1C[N@+]2(Cc3cc(C(C)(C)C)cc(C(C)(C)C)c3)CC[C@H]1C[C@@H]2C(O)c1ccnc2ccccc12. The molecule has 3 aromatic rings. The van der Waals surface area contributed by atoms with Crippen LogP contribution in [0.3, 0.4) is 0 Å². The Kier molecular flexibility index (Phi) is 6.61. The molecule has 3 saturated heterocycles. The van der Waals surface area contributed by atoms with Gasteiger partial charge in [-0.05, 0) is 57.7 Å². The minimum atomic E-state index is -0.519. The summed E-state index contributed by atoms with van der Waals surface area (Å²) in [4.78, 5) is 4.56. The van der Waals surface area contributed by atoms with Crippen molar-refractivity contribution in [3.05, 3.63) is 89.6 Å². The lowest BCUT2D eigenvalue weighted by molar-refractivity contribution is -0.984. The molecule has 0 amide bonds. The van der Waals surface area contributed by atoms with E-state index in [2.05, 4.69) is 89.5 Å². The fraction of sp³-hybridized carbons (Fsp3) is 0.500. The van der Waals surface area contributed by atoms with Crippen LogP contribution in [0.1, 0.15) is 82.7 Å². The Hall–Kier alpha value is -2.49. The van der Waals surface area contributed by atoms with E-state index in [4.69, 9.17) is 0 Å². The third-order valence-corrected chi connectivity index (χ3v) is 9.26. The Morgan fingerprint density at radius 1 is 1.03 bits per heavy atom. The fourth-order valence-corrected chi connectivity index (χ4v) is 6.98. The average molecular weight is 498 g/mol. The molecule has 0 radical (unpaired) electrons. The Bertz CT molecular complexity index is 1260. The van der Waals surface area contributed by atoms with Gasteiger partial charge in [0.15, 0.2) is 0 Å². The number of aliphatic hydroxyl groups excluding tert-OH is 1. The molecular weight excluding hydrogens is 452 g/mol. The average Bonchev–Trinajstić information content (AvgIpc) is 2.86. The Morgan fingerprint density at radius 3 is 2.35 bits per heavy atom. The van der Waals surface area contributed by atoms with Gasteiger partial charge in [-0.1, -0.05) is 71.9 Å². The minimum absolute atomic E-state index is 0.0867. The quantitative estimate of drug-likeness (QED) is 0.293. The summed E-state index contributed by atoms with van der Waals surface area (Å²) in [7, 11) is 0. The van der Waals surface area contributed by atoms with Crippen molar-refractivity contribution < 1.29 is 9.59 Å². The molecule has 4 heterocycles. The summed E-state index contributed by atoms with van der Waals surface area (Å²) < 4.78 is 0.933. The monoisotopic (exact) mass is 497 g/mol. The Labute approximate surface area is 223 Å². The maximum Gasteiger partial charge on any atom is 0.131 e. The van der Waals surface area contributed by atoms with Crippen LogP contribution in [-0.4, -0.2) is 33.7 Å². The van der Waals surface area contributed by atoms with Crippen LogP contribution in [0.4, 0.5) is 0 Å². The van der Waals surface area contributed by atoms with E-state index >= 15 is 0 Å². The maximum atomic E-state index is 12.1. The number of benzene rings is 2. The van der Waals surface area contributed by atoms with Crippen LogP contribution in [0.25, 0.3) is 10.9 Å². The number of hydrogen-bond acceptors (Lipinski definition) is 2. The summed E-state index contributed by atoms with van der Waals surface area (Å²) in [5.41, 5.74) is 6.35. The zero-order valence-corrected chi connectivity index (χ0v) is 23.7. The van der Waals surface area contributed by atoms with Gasteiger partial charge in [-0.25, -0.2) is 0 Å². The number of aliphatic hydroxyl groups is 1. The molecule has 2 bridgehead atoms. The van der Waals surface area contributed by atoms with Crippen molar-refractivity contribution in [1.29, 1.82) is 0 Å². The fourth-order valence-electron chi connectivity index (χ4n) is 6.98. The molecule has 1 aromatic heterocycles. The van der Waals surface area contributed by atoms with Gasteiger partial charge in [0.1, 0.15) is 18.7 Å². The van der Waals surface area contributed by atoms with Crippen molar-refractivity contribution in [3.63, 3.8) is 0 Å². The van der Waals surface area contributed by atoms with Gasteiger partial charge in [0, 0.05) is 35.9 Å². The molecule has 3 nitrogen and oxygen atoms in total. The highest BCUT2D eigenvalue weighted by molar-refractivity contribution is 5.82. The lowest BCUT2D eigenvalue weighted by atomic mass is 9.71. The van der Waals surface area contributed by atoms with E-state index in [-0.39, 0.29) is 16.9 Å². The number of aromatic nitrogens is 1. The van der Waals surface area contributed by atoms with Gasteiger partial charge in [-0.2, -0.15) is 0 Å². The molecule has 37 heavy (non-hydrogen) atoms. The second kappa shape index (κ2) is 9.36. The van der Waals surface area contributed by atoms with Crippen molar-refractivity contribution in [2.45, 2.75) is 83.9 Å². The van der Waals surface area contributed by atoms with Crippen molar-refractivity contribution in [3.8, 4) is 0 Å². The highest BCUT2D eigenvalue weighted by Crippen LogP contribution is 2.48. The van der Waals surface area contributed by atoms with Crippen LogP contribution in [0, 0.1) is 11.8 Å². The first-order chi connectivity index (χ1) is 17.4. The van der Waals surface area contributed by atoms with Crippen LogP contribution in [0.5, 0.6) is 0 Å². The summed E-state index contributed by atoms with van der Waals surface area (Å²) in [5.74, 6) is 1.12. The Balaban J connectivity index is 1.59. The Morgan fingerprint density at radius 2 is 1.70 bits per heavy atom. The predicted molar refractivity (Wildman–Crippen MR) is 154 cm³/mol. The number of rotatable bonds is 5. The summed E-state index contributed by atoms with van der Waals surface area (Å²) >= 11 is 0. The summed E-state index contributed by atoms with van der Waals surface area (Å²) in [6, 6.07) is 17.7. The summed E-state index contributed by atoms with van der Waals surface area (Å²) in [5, 5.41) is 13.1. The van der Waals surface area contributed by atoms with Crippen LogP contribution in [0.15, 0.2) is 67.4 Å². The molecule has 3 heteroatoms. The first kappa shape index (κ1) is 26.1. The van der Waals surface area contributed by atoms with Gasteiger partial charge >= 0.3 is 0 Å². The third kappa shape index (κ3) is 4.89. The number of fused-ring (bicyclic) bond motifs is 4. The standard InChI is InChI=1S/C34H45N2O/c1-8-24-22-36(21-23-17-26(33(2,3)4)20-27(18-23)34(5,6)7)16-14-25(24)19-31(36)32(37)29-13-15-35-30-12-10-9-11-28(29)30/h8-13,15,17-18,20,24-25,31-32,37H,1,14,16,19,21-22H2,2-7H3/q+1/t24-,25-,31+,32?,36+/m0/s1. The van der Waals surface area contributed by atoms with Crippen molar-refractivity contribution in [1.82, 2.24) is 4.98 Å². The topological polar surface area (TPSA) is 33.1 Å². The van der Waals surface area contributed by atoms with Crippen molar-refractivity contribution in [2.75, 3.05) is 13.1 Å². The molecule has 6 rings (SSSR count). The minimum Gasteiger partial charge on any atom is -0.382 e. The molecule has 1 unspecified atom stereocenters. The molecule has 2 aromatic carbocycles. The number of nitrogens with zero attached hydrogens (tertiary/aromatic N) is 2. The lowest BCUT2D eigenvalue weighted by Crippen LogP contribution is -2.67. The number of para-hydroxylation sites is 1. The molecule has 1 N–H and O–H groups in total. The molecule has 3 aliphatic rings. The first-order valence-corrected chi connectivity index (χ1v) is 14.1. The van der Waals surface area contributed by atoms with Crippen LogP contribution in [-0.2, 0) is 17.4 Å². The molecule has 0 saturated carbocycles. The number of quaternary nitrogens is 1. The van der Waals surface area contributed by atoms with E-state index in [0.29, 0.717) is 11.8 Å². The predicted octanol–water partition coefficient (Wildman–Crippen LogP) is 7.47. The van der Waals surface area contributed by atoms with Crippen LogP contribution >= 0.6 is 0 Å². The van der Waals surface area contributed by atoms with E-state index in [1.54, 1.807) is 0 Å². The van der Waals surface area contributed by atoms with Gasteiger partial charge in [-0.3, -0.25) is 4.98 Å². The zero-order valence-electron chi connectivity index (χ0n) is 23.7. The number of pyridine rings is 1. The van der Waals surface area contributed by atoms with Crippen LogP contribution < -0.4 is 0 Å². The van der Waals surface area contributed by atoms with Gasteiger partial charge in [0.05, 0.1) is 18.6 Å². The van der Waals surface area contributed by atoms with E-state index in [9.17, 15) is 5.11 Å². The summed E-state index contributed by atoms with van der Waals surface area (Å²) in [6.45, 7) is 21.2. The molecule has 3 fully saturated rings. The zero-order chi connectivity index (χ0) is 26.6. The van der Waals surface area contributed by atoms with Gasteiger partial charge in [0.25, 0.3) is 0 Å². The van der Waals surface area contributed by atoms with Gasteiger partial charge < -0.3 is 9.59 Å². The van der Waals surface area contributed by atoms with Gasteiger partial charge in [0.2, 0.25) is 0 Å². The van der Waals surface area contributed by atoms with Crippen molar-refractivity contribution in [2.24, 2.45) is 11.8 Å². The maximum absolute atomic E-state index is 12.1. The molecule has 5 atom stereocenters. The molecule has 0 aliphatic carbocycles. The van der Waals surface area contributed by atoms with E-state index in [0.717, 1.165) is 47.0 Å².